The summed E-state index contributed by atoms with van der Waals surface area (Å²) in [6, 6.07) is -0.561. The van der Waals surface area contributed by atoms with Gasteiger partial charge in [-0.25, -0.2) is 4.79 Å². The van der Waals surface area contributed by atoms with E-state index < -0.39 is 12.0 Å². The second-order valence-electron chi connectivity index (χ2n) is 2.73. The molecule has 0 unspecified atom stereocenters. The SMILES string of the molecule is CCc1csc(=S)n1[C@@H](C)C(=O)O. The van der Waals surface area contributed by atoms with Gasteiger partial charge in [0.15, 0.2) is 3.95 Å². The maximum absolute atomic E-state index is 10.8. The van der Waals surface area contributed by atoms with Crippen LogP contribution in [0.5, 0.6) is 0 Å². The lowest BCUT2D eigenvalue weighted by Crippen LogP contribution is -2.17. The summed E-state index contributed by atoms with van der Waals surface area (Å²) in [4.78, 5) is 10.8. The van der Waals surface area contributed by atoms with Crippen LogP contribution in [0.15, 0.2) is 5.38 Å². The van der Waals surface area contributed by atoms with Crippen molar-refractivity contribution in [3.05, 3.63) is 15.0 Å². The van der Waals surface area contributed by atoms with Crippen LogP contribution in [0.2, 0.25) is 0 Å². The zero-order valence-electron chi connectivity index (χ0n) is 7.48. The molecule has 1 N–H and O–H groups in total. The van der Waals surface area contributed by atoms with Crippen molar-refractivity contribution < 1.29 is 9.90 Å². The van der Waals surface area contributed by atoms with Gasteiger partial charge in [-0.1, -0.05) is 6.92 Å². The van der Waals surface area contributed by atoms with Crippen molar-refractivity contribution in [3.63, 3.8) is 0 Å². The summed E-state index contributed by atoms with van der Waals surface area (Å²) in [5.74, 6) is -0.843. The maximum atomic E-state index is 10.8. The smallest absolute Gasteiger partial charge is 0.326 e. The molecule has 1 aromatic rings. The highest BCUT2D eigenvalue weighted by molar-refractivity contribution is 7.73. The summed E-state index contributed by atoms with van der Waals surface area (Å²) < 4.78 is 2.33. The molecule has 0 aromatic carbocycles. The van der Waals surface area contributed by atoms with Crippen LogP contribution in [0.25, 0.3) is 0 Å². The summed E-state index contributed by atoms with van der Waals surface area (Å²) in [7, 11) is 0. The van der Waals surface area contributed by atoms with Crippen LogP contribution >= 0.6 is 23.6 Å². The topological polar surface area (TPSA) is 42.2 Å². The standard InChI is InChI=1S/C8H11NO2S2/c1-3-6-4-13-8(12)9(6)5(2)7(10)11/h4-5H,3H2,1-2H3,(H,10,11)/t5-/m0/s1. The molecular weight excluding hydrogens is 206 g/mol. The monoisotopic (exact) mass is 217 g/mol. The zero-order chi connectivity index (χ0) is 10.0. The van der Waals surface area contributed by atoms with E-state index in [-0.39, 0.29) is 0 Å². The molecule has 0 fully saturated rings. The quantitative estimate of drug-likeness (QED) is 0.791. The molecule has 0 saturated heterocycles. The van der Waals surface area contributed by atoms with Gasteiger partial charge in [0.2, 0.25) is 0 Å². The molecule has 0 spiro atoms. The first-order valence-corrected chi connectivity index (χ1v) is 5.28. The van der Waals surface area contributed by atoms with E-state index in [1.807, 2.05) is 12.3 Å². The third-order valence-electron chi connectivity index (χ3n) is 1.91. The van der Waals surface area contributed by atoms with Crippen molar-refractivity contribution in [3.8, 4) is 0 Å². The zero-order valence-corrected chi connectivity index (χ0v) is 9.11. The normalized spacial score (nSPS) is 12.8. The number of carboxylic acids is 1. The highest BCUT2D eigenvalue weighted by Crippen LogP contribution is 2.18. The largest absolute Gasteiger partial charge is 0.480 e. The van der Waals surface area contributed by atoms with Gasteiger partial charge in [0.1, 0.15) is 6.04 Å². The summed E-state index contributed by atoms with van der Waals surface area (Å²) in [6.07, 6.45) is 0.810. The van der Waals surface area contributed by atoms with Crippen molar-refractivity contribution in [2.45, 2.75) is 26.3 Å². The van der Waals surface area contributed by atoms with Crippen molar-refractivity contribution in [2.24, 2.45) is 0 Å². The van der Waals surface area contributed by atoms with Gasteiger partial charge in [0.25, 0.3) is 0 Å². The van der Waals surface area contributed by atoms with E-state index in [4.69, 9.17) is 17.3 Å². The fraction of sp³-hybridized carbons (Fsp3) is 0.500. The molecule has 0 amide bonds. The van der Waals surface area contributed by atoms with Gasteiger partial charge >= 0.3 is 5.97 Å². The number of rotatable bonds is 3. The Balaban J connectivity index is 3.18. The number of hydrogen-bond acceptors (Lipinski definition) is 3. The summed E-state index contributed by atoms with van der Waals surface area (Å²) in [6.45, 7) is 3.63. The molecule has 0 saturated carbocycles. The lowest BCUT2D eigenvalue weighted by Gasteiger charge is -2.11. The van der Waals surface area contributed by atoms with Crippen LogP contribution in [-0.4, -0.2) is 15.6 Å². The minimum atomic E-state index is -0.843. The van der Waals surface area contributed by atoms with E-state index in [2.05, 4.69) is 0 Å². The van der Waals surface area contributed by atoms with Gasteiger partial charge in [-0.2, -0.15) is 0 Å². The van der Waals surface area contributed by atoms with Crippen molar-refractivity contribution >= 4 is 29.5 Å². The van der Waals surface area contributed by atoms with E-state index in [9.17, 15) is 4.79 Å². The lowest BCUT2D eigenvalue weighted by atomic mass is 10.3. The molecule has 0 bridgehead atoms. The van der Waals surface area contributed by atoms with Crippen molar-refractivity contribution in [2.75, 3.05) is 0 Å². The fourth-order valence-electron chi connectivity index (χ4n) is 1.12. The summed E-state index contributed by atoms with van der Waals surface area (Å²) in [5.41, 5.74) is 0.991. The van der Waals surface area contributed by atoms with Gasteiger partial charge < -0.3 is 9.67 Å². The Labute approximate surface area is 85.6 Å². The molecule has 0 aliphatic rings. The average molecular weight is 217 g/mol. The second-order valence-corrected chi connectivity index (χ2v) is 4.23. The maximum Gasteiger partial charge on any atom is 0.326 e. The van der Waals surface area contributed by atoms with Gasteiger partial charge in [-0.15, -0.1) is 11.3 Å². The van der Waals surface area contributed by atoms with Gasteiger partial charge in [-0.05, 0) is 25.6 Å². The molecule has 0 aliphatic carbocycles. The number of carbonyl (C=O) groups is 1. The van der Waals surface area contributed by atoms with Crippen LogP contribution in [-0.2, 0) is 11.2 Å². The molecule has 1 aromatic heterocycles. The van der Waals surface area contributed by atoms with Crippen molar-refractivity contribution in [1.29, 1.82) is 0 Å². The molecule has 1 heterocycles. The molecule has 13 heavy (non-hydrogen) atoms. The first-order valence-electron chi connectivity index (χ1n) is 3.99. The number of carboxylic acid groups (broad SMARTS) is 1. The highest BCUT2D eigenvalue weighted by atomic mass is 32.1. The van der Waals surface area contributed by atoms with Crippen LogP contribution in [0.1, 0.15) is 25.6 Å². The van der Waals surface area contributed by atoms with E-state index in [0.29, 0.717) is 3.95 Å². The fourth-order valence-corrected chi connectivity index (χ4v) is 2.45. The Hall–Kier alpha value is -0.680. The predicted molar refractivity (Wildman–Crippen MR) is 54.9 cm³/mol. The number of thiazole rings is 1. The molecule has 0 aliphatic heterocycles. The minimum Gasteiger partial charge on any atom is -0.480 e. The predicted octanol–water partition coefficient (Wildman–Crippen LogP) is 2.49. The molecule has 0 radical (unpaired) electrons. The third-order valence-corrected chi connectivity index (χ3v) is 3.18. The second kappa shape index (κ2) is 4.02. The molecule has 1 rings (SSSR count). The Morgan fingerprint density at radius 1 is 1.85 bits per heavy atom. The lowest BCUT2D eigenvalue weighted by molar-refractivity contribution is -0.140. The van der Waals surface area contributed by atoms with E-state index in [1.165, 1.54) is 11.3 Å². The Kier molecular flexibility index (Phi) is 3.22. The minimum absolute atomic E-state index is 0.561. The number of aryl methyl sites for hydroxylation is 1. The van der Waals surface area contributed by atoms with Crippen molar-refractivity contribution in [1.82, 2.24) is 4.57 Å². The van der Waals surface area contributed by atoms with Gasteiger partial charge in [-0.3, -0.25) is 0 Å². The van der Waals surface area contributed by atoms with E-state index in [0.717, 1.165) is 12.1 Å². The summed E-state index contributed by atoms with van der Waals surface area (Å²) in [5, 5.41) is 10.8. The number of nitrogens with zero attached hydrogens (tertiary/aromatic N) is 1. The van der Waals surface area contributed by atoms with E-state index >= 15 is 0 Å². The van der Waals surface area contributed by atoms with Gasteiger partial charge in [0.05, 0.1) is 0 Å². The molecular formula is C8H11NO2S2. The van der Waals surface area contributed by atoms with Crippen LogP contribution < -0.4 is 0 Å². The Bertz CT molecular complexity index is 366. The first kappa shape index (κ1) is 10.4. The third kappa shape index (κ3) is 1.97. The Morgan fingerprint density at radius 2 is 2.46 bits per heavy atom. The number of aromatic nitrogens is 1. The molecule has 5 heteroatoms. The molecule has 72 valence electrons. The van der Waals surface area contributed by atoms with Crippen LogP contribution in [0, 0.1) is 3.95 Å². The number of aliphatic carboxylic acids is 1. The highest BCUT2D eigenvalue weighted by Gasteiger charge is 2.16. The van der Waals surface area contributed by atoms with Crippen LogP contribution in [0.3, 0.4) is 0 Å². The van der Waals surface area contributed by atoms with Crippen LogP contribution in [0.4, 0.5) is 0 Å². The number of hydrogen-bond donors (Lipinski definition) is 1. The first-order chi connectivity index (χ1) is 6.07. The average Bonchev–Trinajstić information content (AvgIpc) is 2.45. The summed E-state index contributed by atoms with van der Waals surface area (Å²) >= 11 is 6.47. The van der Waals surface area contributed by atoms with E-state index in [1.54, 1.807) is 11.5 Å². The Morgan fingerprint density at radius 3 is 2.92 bits per heavy atom. The van der Waals surface area contributed by atoms with Gasteiger partial charge in [0, 0.05) is 11.1 Å². The molecule has 1 atom stereocenters. The molecule has 3 nitrogen and oxygen atoms in total.